The van der Waals surface area contributed by atoms with E-state index in [2.05, 4.69) is 30.1 Å². The number of carbonyl (C=O) groups excluding carboxylic acids is 1. The van der Waals surface area contributed by atoms with Crippen molar-refractivity contribution in [1.29, 1.82) is 0 Å². The molecule has 1 aromatic rings. The molecule has 1 aliphatic heterocycles. The van der Waals surface area contributed by atoms with Crippen molar-refractivity contribution >= 4 is 5.91 Å². The van der Waals surface area contributed by atoms with E-state index in [-0.39, 0.29) is 5.91 Å². The van der Waals surface area contributed by atoms with Gasteiger partial charge in [0.05, 0.1) is 0 Å². The SMILES string of the molecule is CCCN(CC1CCNCC1)C(=O)c1ccccc1CC. The van der Waals surface area contributed by atoms with Gasteiger partial charge in [-0.3, -0.25) is 4.79 Å². The molecule has 3 nitrogen and oxygen atoms in total. The Balaban J connectivity index is 2.10. The molecule has 1 amide bonds. The predicted molar refractivity (Wildman–Crippen MR) is 87.6 cm³/mol. The van der Waals surface area contributed by atoms with Gasteiger partial charge in [0.15, 0.2) is 0 Å². The zero-order chi connectivity index (χ0) is 15.1. The number of rotatable bonds is 6. The summed E-state index contributed by atoms with van der Waals surface area (Å²) in [4.78, 5) is 15.0. The molecule has 0 atom stereocenters. The van der Waals surface area contributed by atoms with Gasteiger partial charge in [-0.05, 0) is 56.3 Å². The Morgan fingerprint density at radius 3 is 2.62 bits per heavy atom. The number of amides is 1. The van der Waals surface area contributed by atoms with Gasteiger partial charge in [0.1, 0.15) is 0 Å². The van der Waals surface area contributed by atoms with Gasteiger partial charge in [-0.25, -0.2) is 0 Å². The third-order valence-electron chi connectivity index (χ3n) is 4.35. The minimum atomic E-state index is 0.216. The monoisotopic (exact) mass is 288 g/mol. The van der Waals surface area contributed by atoms with Crippen LogP contribution in [0.1, 0.15) is 49.0 Å². The Bertz CT molecular complexity index is 452. The van der Waals surface area contributed by atoms with E-state index in [0.717, 1.165) is 50.1 Å². The fraction of sp³-hybridized carbons (Fsp3) is 0.611. The first-order valence-electron chi connectivity index (χ1n) is 8.34. The Morgan fingerprint density at radius 2 is 1.95 bits per heavy atom. The van der Waals surface area contributed by atoms with Gasteiger partial charge in [0.2, 0.25) is 0 Å². The van der Waals surface area contributed by atoms with Crippen molar-refractivity contribution in [2.24, 2.45) is 5.92 Å². The molecule has 1 fully saturated rings. The average Bonchev–Trinajstić information content (AvgIpc) is 2.54. The largest absolute Gasteiger partial charge is 0.338 e. The van der Waals surface area contributed by atoms with E-state index in [0.29, 0.717) is 5.92 Å². The maximum absolute atomic E-state index is 12.9. The summed E-state index contributed by atoms with van der Waals surface area (Å²) in [5.41, 5.74) is 2.05. The zero-order valence-electron chi connectivity index (χ0n) is 13.4. The van der Waals surface area contributed by atoms with E-state index in [4.69, 9.17) is 0 Å². The Hall–Kier alpha value is -1.35. The van der Waals surface area contributed by atoms with Gasteiger partial charge in [-0.2, -0.15) is 0 Å². The highest BCUT2D eigenvalue weighted by Gasteiger charge is 2.22. The van der Waals surface area contributed by atoms with E-state index in [1.165, 1.54) is 12.8 Å². The molecule has 1 aromatic carbocycles. The highest BCUT2D eigenvalue weighted by Crippen LogP contribution is 2.18. The second-order valence-electron chi connectivity index (χ2n) is 5.96. The van der Waals surface area contributed by atoms with Crippen LogP contribution in [0.4, 0.5) is 0 Å². The minimum absolute atomic E-state index is 0.216. The highest BCUT2D eigenvalue weighted by atomic mass is 16.2. The van der Waals surface area contributed by atoms with Crippen LogP contribution in [0, 0.1) is 5.92 Å². The van der Waals surface area contributed by atoms with Crippen LogP contribution in [0.3, 0.4) is 0 Å². The summed E-state index contributed by atoms with van der Waals surface area (Å²) in [7, 11) is 0. The number of hydrogen-bond donors (Lipinski definition) is 1. The summed E-state index contributed by atoms with van der Waals surface area (Å²) in [5.74, 6) is 0.864. The predicted octanol–water partition coefficient (Wildman–Crippen LogP) is 3.10. The molecule has 0 radical (unpaired) electrons. The number of nitrogens with zero attached hydrogens (tertiary/aromatic N) is 1. The third kappa shape index (κ3) is 4.31. The molecule has 116 valence electrons. The summed E-state index contributed by atoms with van der Waals surface area (Å²) >= 11 is 0. The van der Waals surface area contributed by atoms with Crippen LogP contribution in [0.25, 0.3) is 0 Å². The first kappa shape index (κ1) is 16.0. The standard InChI is InChI=1S/C18H28N2O/c1-3-13-20(14-15-9-11-19-12-10-15)18(21)17-8-6-5-7-16(17)4-2/h5-8,15,19H,3-4,9-14H2,1-2H3. The quantitative estimate of drug-likeness (QED) is 0.872. The van der Waals surface area contributed by atoms with Crippen LogP contribution in [-0.4, -0.2) is 37.0 Å². The van der Waals surface area contributed by atoms with Crippen LogP contribution < -0.4 is 5.32 Å². The van der Waals surface area contributed by atoms with Crippen LogP contribution >= 0.6 is 0 Å². The highest BCUT2D eigenvalue weighted by molar-refractivity contribution is 5.95. The molecule has 2 rings (SSSR count). The van der Waals surface area contributed by atoms with Crippen molar-refractivity contribution in [3.63, 3.8) is 0 Å². The lowest BCUT2D eigenvalue weighted by molar-refractivity contribution is 0.0715. The van der Waals surface area contributed by atoms with E-state index < -0.39 is 0 Å². The molecule has 1 N–H and O–H groups in total. The number of nitrogens with one attached hydrogen (secondary N) is 1. The first-order valence-corrected chi connectivity index (χ1v) is 8.34. The molecule has 1 aliphatic rings. The van der Waals surface area contributed by atoms with E-state index in [1.807, 2.05) is 18.2 Å². The normalized spacial score (nSPS) is 15.9. The number of piperidine rings is 1. The smallest absolute Gasteiger partial charge is 0.254 e. The molecule has 0 aliphatic carbocycles. The molecule has 0 aromatic heterocycles. The molecule has 1 heterocycles. The van der Waals surface area contributed by atoms with Crippen molar-refractivity contribution in [2.45, 2.75) is 39.5 Å². The van der Waals surface area contributed by atoms with Crippen LogP contribution in [0.5, 0.6) is 0 Å². The van der Waals surface area contributed by atoms with Crippen molar-refractivity contribution in [2.75, 3.05) is 26.2 Å². The van der Waals surface area contributed by atoms with Gasteiger partial charge in [0, 0.05) is 18.7 Å². The second-order valence-corrected chi connectivity index (χ2v) is 5.96. The average molecular weight is 288 g/mol. The third-order valence-corrected chi connectivity index (χ3v) is 4.35. The van der Waals surface area contributed by atoms with Crippen molar-refractivity contribution in [3.8, 4) is 0 Å². The molecule has 0 spiro atoms. The molecule has 0 saturated carbocycles. The minimum Gasteiger partial charge on any atom is -0.338 e. The maximum Gasteiger partial charge on any atom is 0.254 e. The van der Waals surface area contributed by atoms with Crippen LogP contribution in [0.15, 0.2) is 24.3 Å². The summed E-state index contributed by atoms with van der Waals surface area (Å²) in [6.07, 6.45) is 4.30. The molecule has 21 heavy (non-hydrogen) atoms. The van der Waals surface area contributed by atoms with Crippen molar-refractivity contribution in [1.82, 2.24) is 10.2 Å². The molecule has 3 heteroatoms. The molecular formula is C18H28N2O. The molecule has 0 unspecified atom stereocenters. The lowest BCUT2D eigenvalue weighted by Crippen LogP contribution is -2.40. The Labute approximate surface area is 128 Å². The summed E-state index contributed by atoms with van der Waals surface area (Å²) in [6.45, 7) is 8.21. The van der Waals surface area contributed by atoms with Gasteiger partial charge < -0.3 is 10.2 Å². The fourth-order valence-corrected chi connectivity index (χ4v) is 3.13. The lowest BCUT2D eigenvalue weighted by atomic mass is 9.96. The molecule has 0 bridgehead atoms. The summed E-state index contributed by atoms with van der Waals surface area (Å²) in [5, 5.41) is 3.40. The van der Waals surface area contributed by atoms with E-state index in [1.54, 1.807) is 0 Å². The zero-order valence-corrected chi connectivity index (χ0v) is 13.4. The Morgan fingerprint density at radius 1 is 1.24 bits per heavy atom. The topological polar surface area (TPSA) is 32.3 Å². The fourth-order valence-electron chi connectivity index (χ4n) is 3.13. The van der Waals surface area contributed by atoms with Gasteiger partial charge in [0.25, 0.3) is 5.91 Å². The molecular weight excluding hydrogens is 260 g/mol. The number of benzene rings is 1. The van der Waals surface area contributed by atoms with Crippen LogP contribution in [0.2, 0.25) is 0 Å². The second kappa shape index (κ2) is 8.18. The summed E-state index contributed by atoms with van der Waals surface area (Å²) in [6, 6.07) is 8.04. The molecule has 1 saturated heterocycles. The van der Waals surface area contributed by atoms with E-state index >= 15 is 0 Å². The van der Waals surface area contributed by atoms with Gasteiger partial charge in [-0.15, -0.1) is 0 Å². The van der Waals surface area contributed by atoms with Crippen molar-refractivity contribution < 1.29 is 4.79 Å². The van der Waals surface area contributed by atoms with Crippen molar-refractivity contribution in [3.05, 3.63) is 35.4 Å². The number of aryl methyl sites for hydroxylation is 1. The van der Waals surface area contributed by atoms with Gasteiger partial charge >= 0.3 is 0 Å². The maximum atomic E-state index is 12.9. The Kier molecular flexibility index (Phi) is 6.24. The summed E-state index contributed by atoms with van der Waals surface area (Å²) < 4.78 is 0. The van der Waals surface area contributed by atoms with Gasteiger partial charge in [-0.1, -0.05) is 32.0 Å². The number of carbonyl (C=O) groups is 1. The van der Waals surface area contributed by atoms with E-state index in [9.17, 15) is 4.79 Å². The number of hydrogen-bond acceptors (Lipinski definition) is 2. The lowest BCUT2D eigenvalue weighted by Gasteiger charge is -2.30. The van der Waals surface area contributed by atoms with Crippen LogP contribution in [-0.2, 0) is 6.42 Å². The first-order chi connectivity index (χ1) is 10.3.